The van der Waals surface area contributed by atoms with Gasteiger partial charge in [-0.15, -0.1) is 0 Å². The Hall–Kier alpha value is -2.60. The van der Waals surface area contributed by atoms with Crippen LogP contribution in [0.3, 0.4) is 0 Å². The van der Waals surface area contributed by atoms with E-state index >= 15 is 0 Å². The van der Waals surface area contributed by atoms with Crippen molar-refractivity contribution < 1.29 is 9.72 Å². The van der Waals surface area contributed by atoms with Gasteiger partial charge >= 0.3 is 0 Å². The van der Waals surface area contributed by atoms with Gasteiger partial charge in [0.15, 0.2) is 0 Å². The predicted octanol–water partition coefficient (Wildman–Crippen LogP) is 3.54. The fraction of sp³-hybridized carbons (Fsp3) is 0.0714. The number of carbonyl (C=O) groups excluding carboxylic acids is 1. The summed E-state index contributed by atoms with van der Waals surface area (Å²) in [5.74, 6) is -0.401. The molecule has 2 aromatic rings. The van der Waals surface area contributed by atoms with Gasteiger partial charge in [0.25, 0.3) is 11.6 Å². The van der Waals surface area contributed by atoms with Crippen LogP contribution in [-0.4, -0.2) is 17.9 Å². The lowest BCUT2D eigenvalue weighted by molar-refractivity contribution is -0.384. The highest BCUT2D eigenvalue weighted by Crippen LogP contribution is 2.27. The number of hydrogen-bond acceptors (Lipinski definition) is 4. The molecule has 0 atom stereocenters. The van der Waals surface area contributed by atoms with Crippen LogP contribution in [0.5, 0.6) is 0 Å². The summed E-state index contributed by atoms with van der Waals surface area (Å²) in [6.45, 7) is 0. The number of para-hydroxylation sites is 1. The minimum absolute atomic E-state index is 0.142. The number of non-ortho nitro benzene ring substituents is 1. The fourth-order valence-corrected chi connectivity index (χ4v) is 1.98. The predicted molar refractivity (Wildman–Crippen MR) is 82.0 cm³/mol. The maximum absolute atomic E-state index is 12.2. The molecule has 2 rings (SSSR count). The molecule has 6 nitrogen and oxygen atoms in total. The van der Waals surface area contributed by atoms with Crippen LogP contribution >= 0.6 is 11.6 Å². The molecule has 0 heterocycles. The molecule has 0 fully saturated rings. The number of amides is 1. The van der Waals surface area contributed by atoms with Gasteiger partial charge in [-0.2, -0.15) is 0 Å². The van der Waals surface area contributed by atoms with E-state index in [1.807, 2.05) is 0 Å². The first kappa shape index (κ1) is 14.8. The Morgan fingerprint density at radius 1 is 1.19 bits per heavy atom. The Balaban J connectivity index is 2.31. The molecule has 2 N–H and O–H groups in total. The van der Waals surface area contributed by atoms with Crippen molar-refractivity contribution in [2.24, 2.45) is 0 Å². The van der Waals surface area contributed by atoms with E-state index < -0.39 is 10.8 Å². The highest BCUT2D eigenvalue weighted by atomic mass is 35.5. The number of rotatable bonds is 4. The monoisotopic (exact) mass is 305 g/mol. The summed E-state index contributed by atoms with van der Waals surface area (Å²) < 4.78 is 0. The minimum Gasteiger partial charge on any atom is -0.387 e. The molecule has 1 amide bonds. The number of nitro groups is 1. The van der Waals surface area contributed by atoms with Crippen molar-refractivity contribution in [3.05, 3.63) is 63.2 Å². The number of halogens is 1. The zero-order valence-corrected chi connectivity index (χ0v) is 11.8. The first-order chi connectivity index (χ1) is 10.0. The van der Waals surface area contributed by atoms with Gasteiger partial charge < -0.3 is 10.6 Å². The standard InChI is InChI=1S/C14H12ClN3O3/c1-16-12-5-3-2-4-10(12)14(19)17-13-8-9(18(20)21)6-7-11(13)15/h2-8,16H,1H3,(H,17,19). The molecule has 7 heteroatoms. The second-order valence-electron chi connectivity index (χ2n) is 4.17. The number of nitrogens with zero attached hydrogens (tertiary/aromatic N) is 1. The normalized spacial score (nSPS) is 10.0. The fourth-order valence-electron chi connectivity index (χ4n) is 1.81. The van der Waals surface area contributed by atoms with Gasteiger partial charge in [0.2, 0.25) is 0 Å². The highest BCUT2D eigenvalue weighted by Gasteiger charge is 2.15. The number of nitro benzene ring substituents is 1. The summed E-state index contributed by atoms with van der Waals surface area (Å²) in [5, 5.41) is 16.5. The average Bonchev–Trinajstić information content (AvgIpc) is 2.49. The molecular weight excluding hydrogens is 294 g/mol. The summed E-state index contributed by atoms with van der Waals surface area (Å²) in [6.07, 6.45) is 0. The largest absolute Gasteiger partial charge is 0.387 e. The first-order valence-corrected chi connectivity index (χ1v) is 6.43. The van der Waals surface area contributed by atoms with Crippen LogP contribution in [0, 0.1) is 10.1 Å². The molecule has 0 spiro atoms. The molecule has 0 bridgehead atoms. The van der Waals surface area contributed by atoms with Gasteiger partial charge in [-0.25, -0.2) is 0 Å². The molecule has 0 aliphatic carbocycles. The van der Waals surface area contributed by atoms with E-state index in [0.717, 1.165) is 0 Å². The molecule has 0 aliphatic heterocycles. The second kappa shape index (κ2) is 6.23. The SMILES string of the molecule is CNc1ccccc1C(=O)Nc1cc([N+](=O)[O-])ccc1Cl. The zero-order chi connectivity index (χ0) is 15.4. The molecular formula is C14H12ClN3O3. The second-order valence-corrected chi connectivity index (χ2v) is 4.58. The Morgan fingerprint density at radius 2 is 1.90 bits per heavy atom. The van der Waals surface area contributed by atoms with E-state index in [9.17, 15) is 14.9 Å². The Bertz CT molecular complexity index is 704. The van der Waals surface area contributed by atoms with Gasteiger partial charge in [0.05, 0.1) is 21.2 Å². The molecule has 0 unspecified atom stereocenters. The molecule has 0 saturated carbocycles. The summed E-state index contributed by atoms with van der Waals surface area (Å²) in [4.78, 5) is 22.5. The number of carbonyl (C=O) groups is 1. The average molecular weight is 306 g/mol. The van der Waals surface area contributed by atoms with Crippen LogP contribution in [-0.2, 0) is 0 Å². The van der Waals surface area contributed by atoms with Crippen molar-refractivity contribution in [1.82, 2.24) is 0 Å². The Labute approximate surface area is 125 Å². The van der Waals surface area contributed by atoms with Crippen molar-refractivity contribution in [2.75, 3.05) is 17.7 Å². The Morgan fingerprint density at radius 3 is 2.57 bits per heavy atom. The quantitative estimate of drug-likeness (QED) is 0.668. The number of nitrogens with one attached hydrogen (secondary N) is 2. The number of hydrogen-bond donors (Lipinski definition) is 2. The van der Waals surface area contributed by atoms with Gasteiger partial charge in [-0.1, -0.05) is 23.7 Å². The molecule has 21 heavy (non-hydrogen) atoms. The third-order valence-electron chi connectivity index (χ3n) is 2.85. The lowest BCUT2D eigenvalue weighted by atomic mass is 10.1. The smallest absolute Gasteiger partial charge is 0.271 e. The van der Waals surface area contributed by atoms with Crippen molar-refractivity contribution >= 4 is 34.6 Å². The van der Waals surface area contributed by atoms with Crippen LogP contribution < -0.4 is 10.6 Å². The maximum Gasteiger partial charge on any atom is 0.271 e. The van der Waals surface area contributed by atoms with Gasteiger partial charge in [-0.05, 0) is 18.2 Å². The van der Waals surface area contributed by atoms with Crippen LogP contribution in [0.15, 0.2) is 42.5 Å². The van der Waals surface area contributed by atoms with Crippen LogP contribution in [0.2, 0.25) is 5.02 Å². The Kier molecular flexibility index (Phi) is 4.39. The number of benzene rings is 2. The van der Waals surface area contributed by atoms with Gasteiger partial charge in [0.1, 0.15) is 0 Å². The number of anilines is 2. The third kappa shape index (κ3) is 3.29. The molecule has 108 valence electrons. The van der Waals surface area contributed by atoms with Gasteiger partial charge in [0, 0.05) is 24.9 Å². The lowest BCUT2D eigenvalue weighted by Gasteiger charge is -2.10. The van der Waals surface area contributed by atoms with Crippen LogP contribution in [0.25, 0.3) is 0 Å². The van der Waals surface area contributed by atoms with Crippen molar-refractivity contribution in [2.45, 2.75) is 0 Å². The van der Waals surface area contributed by atoms with E-state index in [-0.39, 0.29) is 16.4 Å². The lowest BCUT2D eigenvalue weighted by Crippen LogP contribution is -2.14. The van der Waals surface area contributed by atoms with Crippen molar-refractivity contribution in [1.29, 1.82) is 0 Å². The van der Waals surface area contributed by atoms with Crippen LogP contribution in [0.4, 0.5) is 17.1 Å². The maximum atomic E-state index is 12.2. The molecule has 0 saturated heterocycles. The highest BCUT2D eigenvalue weighted by molar-refractivity contribution is 6.34. The summed E-state index contributed by atoms with van der Waals surface area (Å²) in [7, 11) is 1.70. The zero-order valence-electron chi connectivity index (χ0n) is 11.1. The molecule has 0 aromatic heterocycles. The topological polar surface area (TPSA) is 84.3 Å². The summed E-state index contributed by atoms with van der Waals surface area (Å²) in [5.41, 5.74) is 1.12. The summed E-state index contributed by atoms with van der Waals surface area (Å²) >= 11 is 5.95. The van der Waals surface area contributed by atoms with Crippen molar-refractivity contribution in [3.8, 4) is 0 Å². The van der Waals surface area contributed by atoms with E-state index in [4.69, 9.17) is 11.6 Å². The van der Waals surface area contributed by atoms with Gasteiger partial charge in [-0.3, -0.25) is 14.9 Å². The molecule has 0 aliphatic rings. The first-order valence-electron chi connectivity index (χ1n) is 6.05. The van der Waals surface area contributed by atoms with E-state index in [0.29, 0.717) is 11.3 Å². The minimum atomic E-state index is -0.548. The molecule has 0 radical (unpaired) electrons. The van der Waals surface area contributed by atoms with E-state index in [1.54, 1.807) is 31.3 Å². The van der Waals surface area contributed by atoms with Crippen LogP contribution in [0.1, 0.15) is 10.4 Å². The van der Waals surface area contributed by atoms with E-state index in [1.165, 1.54) is 18.2 Å². The van der Waals surface area contributed by atoms with E-state index in [2.05, 4.69) is 10.6 Å². The molecule has 2 aromatic carbocycles. The summed E-state index contributed by atoms with van der Waals surface area (Å²) in [6, 6.07) is 10.8. The van der Waals surface area contributed by atoms with Crippen molar-refractivity contribution in [3.63, 3.8) is 0 Å². The third-order valence-corrected chi connectivity index (χ3v) is 3.18.